The van der Waals surface area contributed by atoms with E-state index in [1.165, 1.54) is 0 Å². The van der Waals surface area contributed by atoms with E-state index < -0.39 is 0 Å². The Kier molecular flexibility index (Phi) is 5.79. The molecule has 1 aliphatic heterocycles. The van der Waals surface area contributed by atoms with Crippen LogP contribution in [0, 0.1) is 5.92 Å². The summed E-state index contributed by atoms with van der Waals surface area (Å²) in [5.41, 5.74) is 7.99. The molecule has 0 radical (unpaired) electrons. The first-order chi connectivity index (χ1) is 13.3. The van der Waals surface area contributed by atoms with E-state index in [0.29, 0.717) is 31.1 Å². The minimum Gasteiger partial charge on any atom is -0.349 e. The summed E-state index contributed by atoms with van der Waals surface area (Å²) in [6, 6.07) is 5.47. The van der Waals surface area contributed by atoms with Crippen LogP contribution in [0.5, 0.6) is 0 Å². The number of fused-ring (bicyclic) bond motifs is 1. The fraction of sp³-hybridized carbons (Fsp3) is 0.500. The lowest BCUT2D eigenvalue weighted by atomic mass is 9.89. The van der Waals surface area contributed by atoms with Gasteiger partial charge in [-0.1, -0.05) is 19.0 Å². The van der Waals surface area contributed by atoms with Crippen molar-refractivity contribution in [1.82, 2.24) is 15.5 Å². The number of carbonyl (C=O) groups is 2. The van der Waals surface area contributed by atoms with Gasteiger partial charge in [0.1, 0.15) is 0 Å². The van der Waals surface area contributed by atoms with E-state index in [1.54, 1.807) is 11.8 Å². The lowest BCUT2D eigenvalue weighted by Crippen LogP contribution is -2.46. The summed E-state index contributed by atoms with van der Waals surface area (Å²) in [6.45, 7) is 7.70. The molecular formula is C20H27N5O3. The van der Waals surface area contributed by atoms with Gasteiger partial charge in [-0.25, -0.2) is 0 Å². The predicted molar refractivity (Wildman–Crippen MR) is 105 cm³/mol. The van der Waals surface area contributed by atoms with Gasteiger partial charge in [0.2, 0.25) is 23.5 Å². The monoisotopic (exact) mass is 385 g/mol. The van der Waals surface area contributed by atoms with E-state index in [4.69, 9.17) is 10.3 Å². The normalized spacial score (nSPS) is 18.9. The van der Waals surface area contributed by atoms with E-state index in [1.807, 2.05) is 39.0 Å². The molecule has 8 heteroatoms. The molecule has 0 spiro atoms. The van der Waals surface area contributed by atoms with Crippen molar-refractivity contribution in [1.29, 1.82) is 0 Å². The molecule has 2 atom stereocenters. The second-order valence-corrected chi connectivity index (χ2v) is 7.51. The zero-order valence-electron chi connectivity index (χ0n) is 16.7. The molecule has 0 saturated carbocycles. The van der Waals surface area contributed by atoms with Gasteiger partial charge < -0.3 is 20.5 Å². The molecule has 0 fully saturated rings. The van der Waals surface area contributed by atoms with Crippen molar-refractivity contribution in [2.75, 3.05) is 11.4 Å². The van der Waals surface area contributed by atoms with Crippen LogP contribution in [-0.2, 0) is 16.0 Å². The molecule has 28 heavy (non-hydrogen) atoms. The van der Waals surface area contributed by atoms with Crippen LogP contribution in [0.3, 0.4) is 0 Å². The second kappa shape index (κ2) is 8.10. The van der Waals surface area contributed by atoms with Gasteiger partial charge in [0.25, 0.3) is 0 Å². The molecule has 8 nitrogen and oxygen atoms in total. The summed E-state index contributed by atoms with van der Waals surface area (Å²) < 4.78 is 5.23. The van der Waals surface area contributed by atoms with E-state index in [0.717, 1.165) is 16.8 Å². The number of rotatable bonds is 5. The average Bonchev–Trinajstić information content (AvgIpc) is 3.10. The Morgan fingerprint density at radius 1 is 1.39 bits per heavy atom. The van der Waals surface area contributed by atoms with Crippen LogP contribution in [0.1, 0.15) is 51.6 Å². The Morgan fingerprint density at radius 3 is 2.79 bits per heavy atom. The lowest BCUT2D eigenvalue weighted by molar-refractivity contribution is -0.124. The third-order valence-electron chi connectivity index (χ3n) is 4.94. The molecule has 1 aromatic carbocycles. The van der Waals surface area contributed by atoms with Crippen LogP contribution < -0.4 is 16.0 Å². The number of aromatic nitrogens is 2. The third-order valence-corrected chi connectivity index (χ3v) is 4.94. The SMILES string of the molecule is CC(=O)N1c2ccc(-c3noc(CCN)n3)cc2[C@H](NC(=O)C(C)C)C[C@@H]1C. The molecule has 3 N–H and O–H groups in total. The number of hydrogen-bond donors (Lipinski definition) is 2. The lowest BCUT2D eigenvalue weighted by Gasteiger charge is -2.39. The Balaban J connectivity index is 2.02. The van der Waals surface area contributed by atoms with Crippen LogP contribution in [-0.4, -0.2) is 34.5 Å². The zero-order valence-corrected chi connectivity index (χ0v) is 16.7. The van der Waals surface area contributed by atoms with Crippen molar-refractivity contribution in [3.63, 3.8) is 0 Å². The van der Waals surface area contributed by atoms with E-state index in [2.05, 4.69) is 15.5 Å². The summed E-state index contributed by atoms with van der Waals surface area (Å²) in [5.74, 6) is 0.783. The van der Waals surface area contributed by atoms with Crippen molar-refractivity contribution >= 4 is 17.5 Å². The quantitative estimate of drug-likeness (QED) is 0.815. The number of nitrogens with two attached hydrogens (primary N) is 1. The van der Waals surface area contributed by atoms with E-state index >= 15 is 0 Å². The van der Waals surface area contributed by atoms with Crippen LogP contribution in [0.4, 0.5) is 5.69 Å². The highest BCUT2D eigenvalue weighted by Gasteiger charge is 2.34. The van der Waals surface area contributed by atoms with Crippen LogP contribution in [0.25, 0.3) is 11.4 Å². The van der Waals surface area contributed by atoms with Crippen LogP contribution in [0.2, 0.25) is 0 Å². The number of carbonyl (C=O) groups excluding carboxylic acids is 2. The van der Waals surface area contributed by atoms with Gasteiger partial charge in [-0.05, 0) is 37.1 Å². The Bertz CT molecular complexity index is 876. The maximum absolute atomic E-state index is 12.3. The first-order valence-corrected chi connectivity index (χ1v) is 9.59. The molecule has 2 aromatic rings. The van der Waals surface area contributed by atoms with Gasteiger partial charge in [-0.15, -0.1) is 0 Å². The first kappa shape index (κ1) is 20.0. The summed E-state index contributed by atoms with van der Waals surface area (Å²) in [5, 5.41) is 7.14. The molecule has 0 saturated heterocycles. The van der Waals surface area contributed by atoms with Gasteiger partial charge in [-0.3, -0.25) is 9.59 Å². The Labute approximate surface area is 164 Å². The van der Waals surface area contributed by atoms with E-state index in [9.17, 15) is 9.59 Å². The average molecular weight is 385 g/mol. The molecular weight excluding hydrogens is 358 g/mol. The van der Waals surface area contributed by atoms with Crippen LogP contribution in [0.15, 0.2) is 22.7 Å². The zero-order chi connectivity index (χ0) is 20.4. The van der Waals surface area contributed by atoms with Gasteiger partial charge in [-0.2, -0.15) is 4.98 Å². The molecule has 2 heterocycles. The number of anilines is 1. The third kappa shape index (κ3) is 3.91. The smallest absolute Gasteiger partial charge is 0.228 e. The highest BCUT2D eigenvalue weighted by Crippen LogP contribution is 2.39. The molecule has 0 aliphatic carbocycles. The van der Waals surface area contributed by atoms with Gasteiger partial charge >= 0.3 is 0 Å². The molecule has 2 amide bonds. The Hall–Kier alpha value is -2.74. The molecule has 3 rings (SSSR count). The number of nitrogens with zero attached hydrogens (tertiary/aromatic N) is 3. The maximum atomic E-state index is 12.3. The summed E-state index contributed by atoms with van der Waals surface area (Å²) in [6.07, 6.45) is 1.15. The second-order valence-electron chi connectivity index (χ2n) is 7.51. The highest BCUT2D eigenvalue weighted by atomic mass is 16.5. The van der Waals surface area contributed by atoms with Gasteiger partial charge in [0.05, 0.1) is 6.04 Å². The van der Waals surface area contributed by atoms with Gasteiger partial charge in [0.15, 0.2) is 0 Å². The fourth-order valence-electron chi connectivity index (χ4n) is 3.56. The van der Waals surface area contributed by atoms with Crippen molar-refractivity contribution < 1.29 is 14.1 Å². The number of nitrogens with one attached hydrogen (secondary N) is 1. The standard InChI is InChI=1S/C20H27N5O3/c1-11(2)20(27)22-16-9-12(3)25(13(4)26)17-6-5-14(10-15(16)17)19-23-18(7-8-21)28-24-19/h5-6,10-12,16H,7-9,21H2,1-4H3,(H,22,27)/t12-,16+/m0/s1. The highest BCUT2D eigenvalue weighted by molar-refractivity contribution is 5.94. The summed E-state index contributed by atoms with van der Waals surface area (Å²) in [4.78, 5) is 30.7. The molecule has 150 valence electrons. The van der Waals surface area contributed by atoms with Crippen molar-refractivity contribution in [3.8, 4) is 11.4 Å². The number of amides is 2. The fourth-order valence-corrected chi connectivity index (χ4v) is 3.56. The predicted octanol–water partition coefficient (Wildman–Crippen LogP) is 2.20. The van der Waals surface area contributed by atoms with Crippen molar-refractivity contribution in [3.05, 3.63) is 29.7 Å². The van der Waals surface area contributed by atoms with E-state index in [-0.39, 0.29) is 29.8 Å². The Morgan fingerprint density at radius 2 is 2.14 bits per heavy atom. The van der Waals surface area contributed by atoms with Crippen molar-refractivity contribution in [2.45, 2.75) is 52.6 Å². The van der Waals surface area contributed by atoms with Gasteiger partial charge in [0, 0.05) is 43.1 Å². The summed E-state index contributed by atoms with van der Waals surface area (Å²) >= 11 is 0. The molecule has 1 aliphatic rings. The first-order valence-electron chi connectivity index (χ1n) is 9.59. The van der Waals surface area contributed by atoms with Crippen LogP contribution >= 0.6 is 0 Å². The molecule has 1 aromatic heterocycles. The minimum absolute atomic E-state index is 0.0188. The minimum atomic E-state index is -0.189. The molecule has 0 bridgehead atoms. The summed E-state index contributed by atoms with van der Waals surface area (Å²) in [7, 11) is 0. The van der Waals surface area contributed by atoms with Crippen molar-refractivity contribution in [2.24, 2.45) is 11.7 Å². The molecule has 0 unspecified atom stereocenters. The maximum Gasteiger partial charge on any atom is 0.228 e. The topological polar surface area (TPSA) is 114 Å². The number of benzene rings is 1. The number of hydrogen-bond acceptors (Lipinski definition) is 6. The largest absolute Gasteiger partial charge is 0.349 e.